The summed E-state index contributed by atoms with van der Waals surface area (Å²) in [6.45, 7) is 4.78. The molecule has 0 atom stereocenters. The van der Waals surface area contributed by atoms with E-state index in [1.54, 1.807) is 29.8 Å². The summed E-state index contributed by atoms with van der Waals surface area (Å²) in [5.41, 5.74) is 1.10. The Morgan fingerprint density at radius 1 is 1.27 bits per heavy atom. The lowest BCUT2D eigenvalue weighted by Crippen LogP contribution is -2.02. The van der Waals surface area contributed by atoms with Crippen molar-refractivity contribution in [3.63, 3.8) is 0 Å². The van der Waals surface area contributed by atoms with Crippen molar-refractivity contribution in [2.45, 2.75) is 20.4 Å². The summed E-state index contributed by atoms with van der Waals surface area (Å²) in [6, 6.07) is 1.79. The van der Waals surface area contributed by atoms with Gasteiger partial charge in [0.25, 0.3) is 0 Å². The van der Waals surface area contributed by atoms with Crippen LogP contribution in [0.3, 0.4) is 0 Å². The molecular weight excluding hydrogens is 208 g/mol. The molecular formula is C10H12N4S. The Balaban J connectivity index is 1.99. The molecule has 15 heavy (non-hydrogen) atoms. The average Bonchev–Trinajstić information content (AvgIpc) is 2.57. The van der Waals surface area contributed by atoms with Crippen LogP contribution in [-0.4, -0.2) is 15.0 Å². The van der Waals surface area contributed by atoms with E-state index in [2.05, 4.69) is 27.2 Å². The number of nitrogens with zero attached hydrogens (tertiary/aromatic N) is 3. The summed E-state index contributed by atoms with van der Waals surface area (Å²) in [5, 5.41) is 4.19. The van der Waals surface area contributed by atoms with E-state index in [1.807, 2.05) is 6.92 Å². The minimum Gasteiger partial charge on any atom is -0.348 e. The van der Waals surface area contributed by atoms with Gasteiger partial charge in [-0.25, -0.2) is 15.0 Å². The number of anilines is 1. The van der Waals surface area contributed by atoms with Gasteiger partial charge in [-0.15, -0.1) is 11.3 Å². The van der Waals surface area contributed by atoms with Crippen LogP contribution < -0.4 is 5.32 Å². The summed E-state index contributed by atoms with van der Waals surface area (Å²) >= 11 is 1.70. The van der Waals surface area contributed by atoms with Crippen LogP contribution in [0.1, 0.15) is 15.6 Å². The van der Waals surface area contributed by atoms with Gasteiger partial charge in [0.15, 0.2) is 0 Å². The van der Waals surface area contributed by atoms with Crippen molar-refractivity contribution in [1.82, 2.24) is 15.0 Å². The van der Waals surface area contributed by atoms with Gasteiger partial charge in [-0.3, -0.25) is 0 Å². The lowest BCUT2D eigenvalue weighted by molar-refractivity contribution is 1.02. The molecule has 0 aromatic carbocycles. The maximum absolute atomic E-state index is 4.43. The first kappa shape index (κ1) is 10.0. The number of hydrogen-bond donors (Lipinski definition) is 1. The SMILES string of the molecule is Cc1nc(CNc2ncccn2)sc1C. The predicted octanol–water partition coefficient (Wildman–Crippen LogP) is 2.16. The van der Waals surface area contributed by atoms with E-state index >= 15 is 0 Å². The van der Waals surface area contributed by atoms with Crippen molar-refractivity contribution in [2.24, 2.45) is 0 Å². The van der Waals surface area contributed by atoms with Crippen LogP contribution in [0.4, 0.5) is 5.95 Å². The fourth-order valence-electron chi connectivity index (χ4n) is 1.16. The van der Waals surface area contributed by atoms with Crippen LogP contribution in [0.5, 0.6) is 0 Å². The lowest BCUT2D eigenvalue weighted by Gasteiger charge is -1.99. The van der Waals surface area contributed by atoms with Crippen LogP contribution in [0.2, 0.25) is 0 Å². The molecule has 2 rings (SSSR count). The van der Waals surface area contributed by atoms with E-state index in [0.717, 1.165) is 10.7 Å². The molecule has 0 bridgehead atoms. The number of nitrogens with one attached hydrogen (secondary N) is 1. The summed E-state index contributed by atoms with van der Waals surface area (Å²) in [5.74, 6) is 0.642. The van der Waals surface area contributed by atoms with Crippen molar-refractivity contribution in [3.05, 3.63) is 34.0 Å². The van der Waals surface area contributed by atoms with Crippen LogP contribution in [0, 0.1) is 13.8 Å². The third kappa shape index (κ3) is 2.50. The van der Waals surface area contributed by atoms with Crippen molar-refractivity contribution < 1.29 is 0 Å². The Morgan fingerprint density at radius 3 is 2.60 bits per heavy atom. The van der Waals surface area contributed by atoms with E-state index in [-0.39, 0.29) is 0 Å². The molecule has 0 unspecified atom stereocenters. The molecule has 0 aliphatic rings. The third-order valence-electron chi connectivity index (χ3n) is 2.04. The first-order chi connectivity index (χ1) is 7.25. The summed E-state index contributed by atoms with van der Waals surface area (Å²) in [6.07, 6.45) is 3.43. The molecule has 0 saturated heterocycles. The monoisotopic (exact) mass is 220 g/mol. The topological polar surface area (TPSA) is 50.7 Å². The zero-order valence-corrected chi connectivity index (χ0v) is 9.51. The highest BCUT2D eigenvalue weighted by atomic mass is 32.1. The van der Waals surface area contributed by atoms with E-state index in [9.17, 15) is 0 Å². The lowest BCUT2D eigenvalue weighted by atomic mass is 10.4. The largest absolute Gasteiger partial charge is 0.348 e. The number of aromatic nitrogens is 3. The second-order valence-electron chi connectivity index (χ2n) is 3.18. The smallest absolute Gasteiger partial charge is 0.222 e. The Labute approximate surface area is 92.4 Å². The van der Waals surface area contributed by atoms with Gasteiger partial charge in [-0.05, 0) is 19.9 Å². The maximum atomic E-state index is 4.43. The molecule has 0 aliphatic heterocycles. The van der Waals surface area contributed by atoms with Crippen molar-refractivity contribution in [2.75, 3.05) is 5.32 Å². The molecule has 0 fully saturated rings. The molecule has 0 aliphatic carbocycles. The van der Waals surface area contributed by atoms with E-state index in [1.165, 1.54) is 4.88 Å². The van der Waals surface area contributed by atoms with Crippen molar-refractivity contribution >= 4 is 17.3 Å². The highest BCUT2D eigenvalue weighted by Crippen LogP contribution is 2.16. The minimum atomic E-state index is 0.642. The second-order valence-corrected chi connectivity index (χ2v) is 4.46. The first-order valence-corrected chi connectivity index (χ1v) is 5.51. The molecule has 0 spiro atoms. The highest BCUT2D eigenvalue weighted by Gasteiger charge is 2.03. The van der Waals surface area contributed by atoms with Gasteiger partial charge in [-0.1, -0.05) is 0 Å². The van der Waals surface area contributed by atoms with E-state index in [0.29, 0.717) is 12.5 Å². The molecule has 0 amide bonds. The number of aryl methyl sites for hydroxylation is 2. The Hall–Kier alpha value is -1.49. The number of hydrogen-bond acceptors (Lipinski definition) is 5. The van der Waals surface area contributed by atoms with E-state index in [4.69, 9.17) is 0 Å². The zero-order chi connectivity index (χ0) is 10.7. The Kier molecular flexibility index (Phi) is 2.91. The second kappa shape index (κ2) is 4.35. The fraction of sp³-hybridized carbons (Fsp3) is 0.300. The number of thiazole rings is 1. The molecule has 1 N–H and O–H groups in total. The summed E-state index contributed by atoms with van der Waals surface area (Å²) in [4.78, 5) is 13.8. The van der Waals surface area contributed by atoms with Crippen LogP contribution in [0.25, 0.3) is 0 Å². The first-order valence-electron chi connectivity index (χ1n) is 4.69. The maximum Gasteiger partial charge on any atom is 0.222 e. The van der Waals surface area contributed by atoms with Gasteiger partial charge in [0.05, 0.1) is 12.2 Å². The molecule has 2 aromatic heterocycles. The molecule has 2 aromatic rings. The van der Waals surface area contributed by atoms with Crippen LogP contribution in [-0.2, 0) is 6.54 Å². The van der Waals surface area contributed by atoms with Crippen molar-refractivity contribution in [1.29, 1.82) is 0 Å². The molecule has 5 heteroatoms. The zero-order valence-electron chi connectivity index (χ0n) is 8.69. The molecule has 4 nitrogen and oxygen atoms in total. The normalized spacial score (nSPS) is 10.3. The molecule has 78 valence electrons. The van der Waals surface area contributed by atoms with Gasteiger partial charge in [0.2, 0.25) is 5.95 Å². The fourth-order valence-corrected chi connectivity index (χ4v) is 2.03. The summed E-state index contributed by atoms with van der Waals surface area (Å²) < 4.78 is 0. The average molecular weight is 220 g/mol. The minimum absolute atomic E-state index is 0.642. The molecule has 2 heterocycles. The van der Waals surface area contributed by atoms with Crippen LogP contribution >= 0.6 is 11.3 Å². The Morgan fingerprint density at radius 2 is 2.00 bits per heavy atom. The number of rotatable bonds is 3. The van der Waals surface area contributed by atoms with Crippen LogP contribution in [0.15, 0.2) is 18.5 Å². The van der Waals surface area contributed by atoms with Gasteiger partial charge < -0.3 is 5.32 Å². The predicted molar refractivity (Wildman–Crippen MR) is 60.9 cm³/mol. The quantitative estimate of drug-likeness (QED) is 0.861. The standard InChI is InChI=1S/C10H12N4S/c1-7-8(2)15-9(14-7)6-13-10-11-4-3-5-12-10/h3-5H,6H2,1-2H3,(H,11,12,13). The van der Waals surface area contributed by atoms with Gasteiger partial charge in [0.1, 0.15) is 5.01 Å². The van der Waals surface area contributed by atoms with Gasteiger partial charge >= 0.3 is 0 Å². The molecule has 0 radical (unpaired) electrons. The van der Waals surface area contributed by atoms with E-state index < -0.39 is 0 Å². The van der Waals surface area contributed by atoms with Gasteiger partial charge in [0, 0.05) is 17.3 Å². The third-order valence-corrected chi connectivity index (χ3v) is 3.11. The molecule has 0 saturated carbocycles. The van der Waals surface area contributed by atoms with Gasteiger partial charge in [-0.2, -0.15) is 0 Å². The Bertz CT molecular complexity index is 418. The van der Waals surface area contributed by atoms with Crippen molar-refractivity contribution in [3.8, 4) is 0 Å². The summed E-state index contributed by atoms with van der Waals surface area (Å²) in [7, 11) is 0. The highest BCUT2D eigenvalue weighted by molar-refractivity contribution is 7.11.